The summed E-state index contributed by atoms with van der Waals surface area (Å²) in [6.45, 7) is 0.347. The van der Waals surface area contributed by atoms with Gasteiger partial charge in [-0.05, 0) is 42.7 Å². The molecule has 9 nitrogen and oxygen atoms in total. The monoisotopic (exact) mass is 347 g/mol. The van der Waals surface area contributed by atoms with Crippen LogP contribution >= 0.6 is 0 Å². The Kier molecular flexibility index (Phi) is 5.13. The molecule has 0 unspecified atom stereocenters. The van der Waals surface area contributed by atoms with E-state index in [1.165, 1.54) is 12.1 Å². The zero-order valence-electron chi connectivity index (χ0n) is 13.7. The van der Waals surface area contributed by atoms with Gasteiger partial charge in [-0.25, -0.2) is 0 Å². The molecule has 0 bridgehead atoms. The van der Waals surface area contributed by atoms with Crippen LogP contribution in [0, 0.1) is 5.21 Å². The normalized spacial score (nSPS) is 20.4. The van der Waals surface area contributed by atoms with Crippen LogP contribution < -0.4 is 21.3 Å². The number of carbonyl (C=O) groups excluding carboxylic acids is 2. The quantitative estimate of drug-likeness (QED) is 0.649. The molecule has 1 aliphatic rings. The Morgan fingerprint density at radius 3 is 2.60 bits per heavy atom. The van der Waals surface area contributed by atoms with E-state index in [-0.39, 0.29) is 29.4 Å². The van der Waals surface area contributed by atoms with Gasteiger partial charge in [0.25, 0.3) is 5.91 Å². The topological polar surface area (TPSA) is 137 Å². The average molecular weight is 347 g/mol. The molecule has 2 aromatic rings. The number of benzene rings is 1. The van der Waals surface area contributed by atoms with Gasteiger partial charge in [-0.3, -0.25) is 14.2 Å². The van der Waals surface area contributed by atoms with Gasteiger partial charge in [0.2, 0.25) is 16.9 Å². The Labute approximate surface area is 144 Å². The van der Waals surface area contributed by atoms with E-state index in [0.29, 0.717) is 28.9 Å². The van der Waals surface area contributed by atoms with Crippen LogP contribution in [0.3, 0.4) is 0 Å². The summed E-state index contributed by atoms with van der Waals surface area (Å²) in [6, 6.07) is 4.82. The van der Waals surface area contributed by atoms with Gasteiger partial charge in [-0.15, -0.1) is 0 Å². The van der Waals surface area contributed by atoms with E-state index >= 15 is 0 Å². The molecule has 1 heterocycles. The minimum atomic E-state index is -0.210. The molecule has 0 aliphatic heterocycles. The number of aromatic nitrogens is 2. The average Bonchev–Trinajstić information content (AvgIpc) is 2.97. The minimum Gasteiger partial charge on any atom is -0.359 e. The van der Waals surface area contributed by atoms with Crippen molar-refractivity contribution >= 4 is 22.8 Å². The number of rotatable bonds is 5. The van der Waals surface area contributed by atoms with E-state index in [4.69, 9.17) is 5.73 Å². The third kappa shape index (κ3) is 4.05. The third-order valence-corrected chi connectivity index (χ3v) is 4.45. The molecule has 25 heavy (non-hydrogen) atoms. The van der Waals surface area contributed by atoms with Gasteiger partial charge in [-0.2, -0.15) is 0 Å². The molecule has 1 aromatic heterocycles. The van der Waals surface area contributed by atoms with E-state index in [9.17, 15) is 14.8 Å². The summed E-state index contributed by atoms with van der Waals surface area (Å²) in [5, 5.41) is 20.8. The number of hydrogen-bond donors (Lipinski definition) is 3. The molecule has 9 heteroatoms. The van der Waals surface area contributed by atoms with E-state index < -0.39 is 0 Å². The van der Waals surface area contributed by atoms with Crippen molar-refractivity contribution in [3.63, 3.8) is 0 Å². The zero-order chi connectivity index (χ0) is 17.8. The summed E-state index contributed by atoms with van der Waals surface area (Å²) in [7, 11) is 0. The van der Waals surface area contributed by atoms with Crippen LogP contribution in [0.1, 0.15) is 42.5 Å². The smallest absolute Gasteiger partial charge is 0.251 e. The fourth-order valence-electron chi connectivity index (χ4n) is 3.10. The molecular formula is C16H21N5O4. The van der Waals surface area contributed by atoms with E-state index in [2.05, 4.69) is 20.4 Å². The lowest BCUT2D eigenvalue weighted by atomic mass is 9.91. The Morgan fingerprint density at radius 2 is 1.92 bits per heavy atom. The highest BCUT2D eigenvalue weighted by Gasteiger charge is 2.24. The van der Waals surface area contributed by atoms with Crippen molar-refractivity contribution in [2.45, 2.75) is 44.2 Å². The first-order valence-corrected chi connectivity index (χ1v) is 8.36. The summed E-state index contributed by atoms with van der Waals surface area (Å²) in [6.07, 6.45) is 3.57. The highest BCUT2D eigenvalue weighted by atomic mass is 16.8. The minimum absolute atomic E-state index is 0.0217. The molecule has 0 radical (unpaired) electrons. The molecule has 0 spiro atoms. The van der Waals surface area contributed by atoms with Crippen LogP contribution in [0.15, 0.2) is 22.8 Å². The fourth-order valence-corrected chi connectivity index (χ4v) is 3.10. The van der Waals surface area contributed by atoms with E-state index in [0.717, 1.165) is 25.7 Å². The Balaban J connectivity index is 1.52. The maximum absolute atomic E-state index is 12.4. The lowest BCUT2D eigenvalue weighted by Crippen LogP contribution is -2.44. The van der Waals surface area contributed by atoms with E-state index in [1.54, 1.807) is 6.07 Å². The molecule has 1 aromatic carbocycles. The second-order valence-electron chi connectivity index (χ2n) is 6.26. The molecule has 4 N–H and O–H groups in total. The van der Waals surface area contributed by atoms with Crippen molar-refractivity contribution in [1.82, 2.24) is 15.8 Å². The summed E-state index contributed by atoms with van der Waals surface area (Å²) in [5.41, 5.74) is 6.42. The molecule has 1 saturated carbocycles. The van der Waals surface area contributed by atoms with Crippen LogP contribution in [0.2, 0.25) is 0 Å². The summed E-state index contributed by atoms with van der Waals surface area (Å²) in [4.78, 5) is 24.2. The summed E-state index contributed by atoms with van der Waals surface area (Å²) in [5.74, 6) is -0.232. The SMILES string of the molecule is NCCC(=O)N[C@H]1CC[C@H](NC(=O)c2ccc3c(c2)no[n+]3[O-])CC1. The largest absolute Gasteiger partial charge is 0.359 e. The van der Waals surface area contributed by atoms with Gasteiger partial charge < -0.3 is 21.6 Å². The van der Waals surface area contributed by atoms with Crippen molar-refractivity contribution in [2.75, 3.05) is 6.54 Å². The summed E-state index contributed by atoms with van der Waals surface area (Å²) >= 11 is 0. The number of amides is 2. The van der Waals surface area contributed by atoms with Crippen molar-refractivity contribution in [1.29, 1.82) is 0 Å². The van der Waals surface area contributed by atoms with Crippen molar-refractivity contribution < 1.29 is 19.1 Å². The van der Waals surface area contributed by atoms with Crippen LogP contribution in [0.4, 0.5) is 0 Å². The van der Waals surface area contributed by atoms with Crippen LogP contribution in [-0.4, -0.2) is 35.6 Å². The molecule has 1 aliphatic carbocycles. The van der Waals surface area contributed by atoms with Gasteiger partial charge in [0.05, 0.1) is 0 Å². The predicted octanol–water partition coefficient (Wildman–Crippen LogP) is -0.0328. The molecule has 0 atom stereocenters. The lowest BCUT2D eigenvalue weighted by molar-refractivity contribution is -0.782. The van der Waals surface area contributed by atoms with Gasteiger partial charge in [0, 0.05) is 41.8 Å². The lowest BCUT2D eigenvalue weighted by Gasteiger charge is -2.29. The first-order chi connectivity index (χ1) is 12.1. The fraction of sp³-hybridized carbons (Fsp3) is 0.500. The maximum Gasteiger partial charge on any atom is 0.251 e. The van der Waals surface area contributed by atoms with Crippen LogP contribution in [0.25, 0.3) is 11.0 Å². The standard InChI is InChI=1S/C16H21N5O4/c17-8-7-15(22)18-11-2-4-12(5-3-11)19-16(23)10-1-6-14-13(9-10)20-25-21(14)24/h1,6,9,11-12H,2-5,7-8,17H2,(H,18,22)(H,19,23)/t11-,12-. The second kappa shape index (κ2) is 7.47. The Morgan fingerprint density at radius 1 is 1.24 bits per heavy atom. The molecule has 1 fully saturated rings. The number of nitrogens with one attached hydrogen (secondary N) is 2. The number of nitrogens with zero attached hydrogens (tertiary/aromatic N) is 2. The van der Waals surface area contributed by atoms with Crippen LogP contribution in [0.5, 0.6) is 0 Å². The molecule has 134 valence electrons. The predicted molar refractivity (Wildman–Crippen MR) is 88.3 cm³/mol. The van der Waals surface area contributed by atoms with Crippen molar-refractivity contribution in [3.8, 4) is 0 Å². The van der Waals surface area contributed by atoms with E-state index in [1.807, 2.05) is 0 Å². The van der Waals surface area contributed by atoms with Crippen molar-refractivity contribution in [3.05, 3.63) is 29.0 Å². The molecule has 3 rings (SSSR count). The number of hydrogen-bond acceptors (Lipinski definition) is 6. The Bertz CT molecular complexity index is 767. The number of fused-ring (bicyclic) bond motifs is 1. The highest BCUT2D eigenvalue weighted by Crippen LogP contribution is 2.19. The first kappa shape index (κ1) is 17.2. The summed E-state index contributed by atoms with van der Waals surface area (Å²) < 4.78 is 4.50. The number of nitrogens with two attached hydrogens (primary N) is 1. The second-order valence-corrected chi connectivity index (χ2v) is 6.26. The third-order valence-electron chi connectivity index (χ3n) is 4.45. The zero-order valence-corrected chi connectivity index (χ0v) is 13.7. The van der Waals surface area contributed by atoms with Gasteiger partial charge in [0.15, 0.2) is 0 Å². The van der Waals surface area contributed by atoms with Gasteiger partial charge >= 0.3 is 0 Å². The van der Waals surface area contributed by atoms with Crippen LogP contribution in [-0.2, 0) is 4.79 Å². The van der Waals surface area contributed by atoms with Gasteiger partial charge in [0.1, 0.15) is 0 Å². The number of carbonyl (C=O) groups is 2. The maximum atomic E-state index is 12.4. The highest BCUT2D eigenvalue weighted by molar-refractivity contribution is 5.97. The molecular weight excluding hydrogens is 326 g/mol. The van der Waals surface area contributed by atoms with Crippen molar-refractivity contribution in [2.24, 2.45) is 5.73 Å². The Hall–Kier alpha value is -2.68. The molecule has 0 saturated heterocycles. The van der Waals surface area contributed by atoms with Gasteiger partial charge in [-0.1, -0.05) is 0 Å². The molecule has 2 amide bonds. The first-order valence-electron chi connectivity index (χ1n) is 8.36.